The van der Waals surface area contributed by atoms with Gasteiger partial charge in [-0.3, -0.25) is 9.69 Å². The first-order valence-electron chi connectivity index (χ1n) is 5.60. The molecule has 1 saturated heterocycles. The normalized spacial score (nSPS) is 19.0. The van der Waals surface area contributed by atoms with Gasteiger partial charge in [0.15, 0.2) is 0 Å². The molecular formula is C13H17NO. The minimum Gasteiger partial charge on any atom is -0.298 e. The molecule has 1 aliphatic heterocycles. The molecule has 0 amide bonds. The van der Waals surface area contributed by atoms with E-state index in [1.807, 2.05) is 18.2 Å². The van der Waals surface area contributed by atoms with E-state index in [4.69, 9.17) is 0 Å². The highest BCUT2D eigenvalue weighted by molar-refractivity contribution is 5.74. The third-order valence-corrected chi connectivity index (χ3v) is 3.22. The van der Waals surface area contributed by atoms with Gasteiger partial charge in [-0.15, -0.1) is 0 Å². The standard InChI is InChI=1S/C13H17NO/c1-11(14-7-2-3-8-14)13-6-4-5-12(9-13)10-15/h4-6,9-11H,2-3,7-8H2,1H3. The molecule has 0 spiro atoms. The molecule has 0 saturated carbocycles. The predicted octanol–water partition coefficient (Wildman–Crippen LogP) is 2.66. The van der Waals surface area contributed by atoms with Crippen LogP contribution in [0.1, 0.15) is 41.7 Å². The topological polar surface area (TPSA) is 20.3 Å². The molecule has 2 heteroatoms. The van der Waals surface area contributed by atoms with Crippen LogP contribution in [0.3, 0.4) is 0 Å². The molecule has 1 unspecified atom stereocenters. The third kappa shape index (κ3) is 2.26. The fourth-order valence-corrected chi connectivity index (χ4v) is 2.23. The minimum atomic E-state index is 0.437. The van der Waals surface area contributed by atoms with E-state index in [1.165, 1.54) is 31.5 Å². The molecule has 0 aliphatic carbocycles. The molecule has 1 heterocycles. The maximum Gasteiger partial charge on any atom is 0.150 e. The van der Waals surface area contributed by atoms with Crippen molar-refractivity contribution in [2.75, 3.05) is 13.1 Å². The molecule has 2 nitrogen and oxygen atoms in total. The van der Waals surface area contributed by atoms with Crippen molar-refractivity contribution in [3.8, 4) is 0 Å². The summed E-state index contributed by atoms with van der Waals surface area (Å²) in [6, 6.07) is 8.36. The van der Waals surface area contributed by atoms with Crippen molar-refractivity contribution in [1.29, 1.82) is 0 Å². The Balaban J connectivity index is 2.16. The minimum absolute atomic E-state index is 0.437. The largest absolute Gasteiger partial charge is 0.298 e. The molecule has 80 valence electrons. The number of rotatable bonds is 3. The van der Waals surface area contributed by atoms with Crippen LogP contribution in [0, 0.1) is 0 Å². The Hall–Kier alpha value is -1.15. The Morgan fingerprint density at radius 3 is 2.73 bits per heavy atom. The van der Waals surface area contributed by atoms with Gasteiger partial charge in [0.25, 0.3) is 0 Å². The second-order valence-corrected chi connectivity index (χ2v) is 4.21. The fraction of sp³-hybridized carbons (Fsp3) is 0.462. The van der Waals surface area contributed by atoms with Crippen LogP contribution in [-0.2, 0) is 0 Å². The molecule has 1 fully saturated rings. The number of carbonyl (C=O) groups is 1. The van der Waals surface area contributed by atoms with E-state index in [0.717, 1.165) is 11.8 Å². The first-order valence-corrected chi connectivity index (χ1v) is 5.60. The van der Waals surface area contributed by atoms with Gasteiger partial charge < -0.3 is 0 Å². The zero-order valence-corrected chi connectivity index (χ0v) is 9.15. The monoisotopic (exact) mass is 203 g/mol. The van der Waals surface area contributed by atoms with Crippen LogP contribution in [0.5, 0.6) is 0 Å². The second kappa shape index (κ2) is 4.58. The molecule has 0 radical (unpaired) electrons. The van der Waals surface area contributed by atoms with Crippen LogP contribution < -0.4 is 0 Å². The van der Waals surface area contributed by atoms with Crippen molar-refractivity contribution in [1.82, 2.24) is 4.90 Å². The van der Waals surface area contributed by atoms with Gasteiger partial charge >= 0.3 is 0 Å². The Kier molecular flexibility index (Phi) is 3.17. The van der Waals surface area contributed by atoms with E-state index in [9.17, 15) is 4.79 Å². The van der Waals surface area contributed by atoms with Crippen molar-refractivity contribution >= 4 is 6.29 Å². The zero-order valence-electron chi connectivity index (χ0n) is 9.15. The number of likely N-dealkylation sites (tertiary alicyclic amines) is 1. The maximum absolute atomic E-state index is 10.7. The van der Waals surface area contributed by atoms with Crippen LogP contribution in [0.25, 0.3) is 0 Å². The van der Waals surface area contributed by atoms with Crippen LogP contribution in [0.2, 0.25) is 0 Å². The van der Waals surface area contributed by atoms with Gasteiger partial charge in [-0.2, -0.15) is 0 Å². The Labute approximate surface area is 90.9 Å². The van der Waals surface area contributed by atoms with Crippen LogP contribution >= 0.6 is 0 Å². The molecule has 2 rings (SSSR count). The summed E-state index contributed by atoms with van der Waals surface area (Å²) in [6.45, 7) is 4.59. The lowest BCUT2D eigenvalue weighted by Gasteiger charge is -2.24. The van der Waals surface area contributed by atoms with Gasteiger partial charge in [0, 0.05) is 11.6 Å². The van der Waals surface area contributed by atoms with Gasteiger partial charge in [-0.05, 0) is 44.5 Å². The predicted molar refractivity (Wildman–Crippen MR) is 61.1 cm³/mol. The van der Waals surface area contributed by atoms with Crippen LogP contribution in [0.4, 0.5) is 0 Å². The van der Waals surface area contributed by atoms with Gasteiger partial charge in [0.05, 0.1) is 0 Å². The van der Waals surface area contributed by atoms with Gasteiger partial charge in [-0.1, -0.05) is 18.2 Å². The third-order valence-electron chi connectivity index (χ3n) is 3.22. The number of nitrogens with zero attached hydrogens (tertiary/aromatic N) is 1. The molecule has 15 heavy (non-hydrogen) atoms. The number of carbonyl (C=O) groups excluding carboxylic acids is 1. The highest BCUT2D eigenvalue weighted by atomic mass is 16.1. The van der Waals surface area contributed by atoms with Crippen molar-refractivity contribution in [2.45, 2.75) is 25.8 Å². The van der Waals surface area contributed by atoms with E-state index < -0.39 is 0 Å². The summed E-state index contributed by atoms with van der Waals surface area (Å²) >= 11 is 0. The van der Waals surface area contributed by atoms with E-state index >= 15 is 0 Å². The molecule has 0 bridgehead atoms. The van der Waals surface area contributed by atoms with Crippen molar-refractivity contribution in [3.63, 3.8) is 0 Å². The van der Waals surface area contributed by atoms with E-state index in [1.54, 1.807) is 0 Å². The summed E-state index contributed by atoms with van der Waals surface area (Å²) in [6.07, 6.45) is 3.52. The molecule has 1 atom stereocenters. The Morgan fingerprint density at radius 2 is 2.07 bits per heavy atom. The maximum atomic E-state index is 10.7. The lowest BCUT2D eigenvalue weighted by Crippen LogP contribution is -2.23. The highest BCUT2D eigenvalue weighted by Crippen LogP contribution is 2.24. The first-order chi connectivity index (χ1) is 7.31. The van der Waals surface area contributed by atoms with Crippen molar-refractivity contribution < 1.29 is 4.79 Å². The lowest BCUT2D eigenvalue weighted by atomic mass is 10.0. The zero-order chi connectivity index (χ0) is 10.7. The lowest BCUT2D eigenvalue weighted by molar-refractivity contribution is 0.112. The summed E-state index contributed by atoms with van der Waals surface area (Å²) in [7, 11) is 0. The Bertz CT molecular complexity index is 342. The van der Waals surface area contributed by atoms with E-state index in [0.29, 0.717) is 6.04 Å². The number of benzene rings is 1. The fourth-order valence-electron chi connectivity index (χ4n) is 2.23. The summed E-state index contributed by atoms with van der Waals surface area (Å²) in [5.74, 6) is 0. The summed E-state index contributed by atoms with van der Waals surface area (Å²) in [5, 5.41) is 0. The molecule has 0 N–H and O–H groups in total. The highest BCUT2D eigenvalue weighted by Gasteiger charge is 2.19. The molecule has 1 aromatic carbocycles. The van der Waals surface area contributed by atoms with Gasteiger partial charge in [0.1, 0.15) is 6.29 Å². The van der Waals surface area contributed by atoms with E-state index in [2.05, 4.69) is 17.9 Å². The molecule has 1 aliphatic rings. The second-order valence-electron chi connectivity index (χ2n) is 4.21. The average molecular weight is 203 g/mol. The molecular weight excluding hydrogens is 186 g/mol. The van der Waals surface area contributed by atoms with Gasteiger partial charge in [0.2, 0.25) is 0 Å². The van der Waals surface area contributed by atoms with Gasteiger partial charge in [-0.25, -0.2) is 0 Å². The SMILES string of the molecule is CC(c1cccc(C=O)c1)N1CCCC1. The average Bonchev–Trinajstić information content (AvgIpc) is 2.81. The quantitative estimate of drug-likeness (QED) is 0.704. The number of aldehydes is 1. The van der Waals surface area contributed by atoms with Crippen LogP contribution in [-0.4, -0.2) is 24.3 Å². The summed E-state index contributed by atoms with van der Waals surface area (Å²) < 4.78 is 0. The number of hydrogen-bond donors (Lipinski definition) is 0. The smallest absolute Gasteiger partial charge is 0.150 e. The molecule has 1 aromatic rings. The number of hydrogen-bond acceptors (Lipinski definition) is 2. The van der Waals surface area contributed by atoms with Crippen molar-refractivity contribution in [2.24, 2.45) is 0 Å². The first kappa shape index (κ1) is 10.4. The van der Waals surface area contributed by atoms with Crippen LogP contribution in [0.15, 0.2) is 24.3 Å². The molecule has 0 aromatic heterocycles. The Morgan fingerprint density at radius 1 is 1.33 bits per heavy atom. The van der Waals surface area contributed by atoms with E-state index in [-0.39, 0.29) is 0 Å². The van der Waals surface area contributed by atoms with Crippen molar-refractivity contribution in [3.05, 3.63) is 35.4 Å². The summed E-state index contributed by atoms with van der Waals surface area (Å²) in [4.78, 5) is 13.2. The summed E-state index contributed by atoms with van der Waals surface area (Å²) in [5.41, 5.74) is 2.03.